The summed E-state index contributed by atoms with van der Waals surface area (Å²) >= 11 is 0. The number of nitrogens with one attached hydrogen (secondary N) is 1. The lowest BCUT2D eigenvalue weighted by Crippen LogP contribution is -2.42. The van der Waals surface area contributed by atoms with Crippen LogP contribution in [0.15, 0.2) is 12.1 Å². The quantitative estimate of drug-likeness (QED) is 0.804. The van der Waals surface area contributed by atoms with Crippen molar-refractivity contribution in [3.63, 3.8) is 0 Å². The third-order valence-corrected chi connectivity index (χ3v) is 3.64. The summed E-state index contributed by atoms with van der Waals surface area (Å²) in [6, 6.07) is 3.38. The van der Waals surface area contributed by atoms with Crippen molar-refractivity contribution >= 4 is 17.3 Å². The molecule has 6 heteroatoms. The highest BCUT2D eigenvalue weighted by atomic mass is 16.5. The van der Waals surface area contributed by atoms with Gasteiger partial charge in [0.15, 0.2) is 11.5 Å². The normalized spacial score (nSPS) is 17.9. The zero-order valence-electron chi connectivity index (χ0n) is 12.1. The average Bonchev–Trinajstić information content (AvgIpc) is 2.95. The molecule has 6 nitrogen and oxygen atoms in total. The molecule has 0 spiro atoms. The summed E-state index contributed by atoms with van der Waals surface area (Å²) in [5, 5.41) is 2.70. The van der Waals surface area contributed by atoms with Gasteiger partial charge in [0.25, 0.3) is 0 Å². The predicted molar refractivity (Wildman–Crippen MR) is 78.4 cm³/mol. The van der Waals surface area contributed by atoms with Crippen LogP contribution in [0.1, 0.15) is 12.8 Å². The lowest BCUT2D eigenvalue weighted by atomic mass is 10.1. The van der Waals surface area contributed by atoms with Crippen molar-refractivity contribution in [2.24, 2.45) is 0 Å². The summed E-state index contributed by atoms with van der Waals surface area (Å²) in [5.74, 6) is 1.21. The van der Waals surface area contributed by atoms with Gasteiger partial charge in [-0.05, 0) is 12.8 Å². The van der Waals surface area contributed by atoms with Crippen molar-refractivity contribution in [1.82, 2.24) is 5.32 Å². The van der Waals surface area contributed by atoms with E-state index >= 15 is 0 Å². The van der Waals surface area contributed by atoms with Gasteiger partial charge in [0.1, 0.15) is 6.04 Å². The van der Waals surface area contributed by atoms with Gasteiger partial charge in [0.2, 0.25) is 5.91 Å². The van der Waals surface area contributed by atoms with Crippen LogP contribution in [0.3, 0.4) is 0 Å². The lowest BCUT2D eigenvalue weighted by molar-refractivity contribution is -0.121. The first-order valence-electron chi connectivity index (χ1n) is 6.62. The van der Waals surface area contributed by atoms with Crippen molar-refractivity contribution < 1.29 is 14.3 Å². The number of rotatable bonds is 4. The van der Waals surface area contributed by atoms with E-state index in [1.54, 1.807) is 27.3 Å². The highest BCUT2D eigenvalue weighted by Gasteiger charge is 2.31. The summed E-state index contributed by atoms with van der Waals surface area (Å²) in [6.07, 6.45) is 1.79. The van der Waals surface area contributed by atoms with Gasteiger partial charge in [-0.3, -0.25) is 4.79 Å². The van der Waals surface area contributed by atoms with Gasteiger partial charge in [-0.1, -0.05) is 0 Å². The Hall–Kier alpha value is -2.11. The number of hydrogen-bond donors (Lipinski definition) is 2. The molecule has 1 aliphatic heterocycles. The van der Waals surface area contributed by atoms with Gasteiger partial charge in [-0.2, -0.15) is 0 Å². The summed E-state index contributed by atoms with van der Waals surface area (Å²) in [7, 11) is 4.80. The molecule has 1 saturated heterocycles. The van der Waals surface area contributed by atoms with Gasteiger partial charge in [0, 0.05) is 25.7 Å². The molecule has 110 valence electrons. The molecular formula is C14H21N3O3. The van der Waals surface area contributed by atoms with Crippen LogP contribution in [0, 0.1) is 0 Å². The number of carbonyl (C=O) groups excluding carboxylic acids is 1. The molecule has 0 bridgehead atoms. The number of nitrogen functional groups attached to an aromatic ring is 1. The van der Waals surface area contributed by atoms with E-state index in [0.717, 1.165) is 25.1 Å². The largest absolute Gasteiger partial charge is 0.493 e. The fourth-order valence-electron chi connectivity index (χ4n) is 2.63. The number of amides is 1. The second-order valence-corrected chi connectivity index (χ2v) is 4.73. The van der Waals surface area contributed by atoms with Gasteiger partial charge < -0.3 is 25.4 Å². The molecule has 1 atom stereocenters. The number of nitrogens with two attached hydrogens (primary N) is 1. The molecule has 0 radical (unpaired) electrons. The zero-order valence-corrected chi connectivity index (χ0v) is 12.1. The first-order valence-corrected chi connectivity index (χ1v) is 6.62. The Morgan fingerprint density at radius 1 is 1.35 bits per heavy atom. The molecule has 1 aromatic carbocycles. The first-order chi connectivity index (χ1) is 9.62. The Morgan fingerprint density at radius 3 is 2.60 bits per heavy atom. The summed E-state index contributed by atoms with van der Waals surface area (Å²) in [4.78, 5) is 14.0. The predicted octanol–water partition coefficient (Wildman–Crippen LogP) is 1.00. The molecule has 1 aliphatic rings. The summed E-state index contributed by atoms with van der Waals surface area (Å²) in [5.41, 5.74) is 7.49. The van der Waals surface area contributed by atoms with E-state index in [2.05, 4.69) is 5.32 Å². The van der Waals surface area contributed by atoms with E-state index in [1.165, 1.54) is 0 Å². The summed E-state index contributed by atoms with van der Waals surface area (Å²) in [6.45, 7) is 0.803. The van der Waals surface area contributed by atoms with Crippen molar-refractivity contribution in [1.29, 1.82) is 0 Å². The van der Waals surface area contributed by atoms with Gasteiger partial charge in [0.05, 0.1) is 25.6 Å². The number of carbonyl (C=O) groups is 1. The standard InChI is InChI=1S/C14H21N3O3/c1-16-14(18)10-5-4-6-17(10)11-8-13(20-3)12(19-2)7-9(11)15/h7-8,10H,4-6,15H2,1-3H3,(H,16,18). The number of anilines is 2. The van der Waals surface area contributed by atoms with Gasteiger partial charge in [-0.25, -0.2) is 0 Å². The Morgan fingerprint density at radius 2 is 2.00 bits per heavy atom. The topological polar surface area (TPSA) is 76.8 Å². The second kappa shape index (κ2) is 5.90. The van der Waals surface area contributed by atoms with Crippen molar-refractivity contribution in [2.75, 3.05) is 38.4 Å². The fraction of sp³-hybridized carbons (Fsp3) is 0.500. The Kier molecular flexibility index (Phi) is 4.22. The van der Waals surface area contributed by atoms with Crippen LogP contribution in [0.4, 0.5) is 11.4 Å². The minimum absolute atomic E-state index is 0.0108. The van der Waals surface area contributed by atoms with Crippen molar-refractivity contribution in [3.8, 4) is 11.5 Å². The smallest absolute Gasteiger partial charge is 0.242 e. The molecule has 0 saturated carbocycles. The van der Waals surface area contributed by atoms with E-state index in [4.69, 9.17) is 15.2 Å². The monoisotopic (exact) mass is 279 g/mol. The van der Waals surface area contributed by atoms with Crippen LogP contribution >= 0.6 is 0 Å². The summed E-state index contributed by atoms with van der Waals surface area (Å²) < 4.78 is 10.5. The molecule has 1 unspecified atom stereocenters. The van der Waals surface area contributed by atoms with Crippen LogP contribution in [-0.2, 0) is 4.79 Å². The number of nitrogens with zero attached hydrogens (tertiary/aromatic N) is 1. The SMILES string of the molecule is CNC(=O)C1CCCN1c1cc(OC)c(OC)cc1N. The zero-order chi connectivity index (χ0) is 14.7. The third kappa shape index (κ3) is 2.45. The molecule has 1 amide bonds. The Balaban J connectivity index is 2.39. The fourth-order valence-corrected chi connectivity index (χ4v) is 2.63. The number of benzene rings is 1. The molecule has 0 aromatic heterocycles. The molecule has 1 fully saturated rings. The first kappa shape index (κ1) is 14.3. The highest BCUT2D eigenvalue weighted by molar-refractivity contribution is 5.87. The molecule has 1 aromatic rings. The van der Waals surface area contributed by atoms with Crippen LogP contribution in [0.2, 0.25) is 0 Å². The minimum Gasteiger partial charge on any atom is -0.493 e. The second-order valence-electron chi connectivity index (χ2n) is 4.73. The number of ether oxygens (including phenoxy) is 2. The van der Waals surface area contributed by atoms with E-state index in [-0.39, 0.29) is 11.9 Å². The van der Waals surface area contributed by atoms with E-state index in [9.17, 15) is 4.79 Å². The van der Waals surface area contributed by atoms with Crippen molar-refractivity contribution in [3.05, 3.63) is 12.1 Å². The minimum atomic E-state index is -0.180. The number of methoxy groups -OCH3 is 2. The average molecular weight is 279 g/mol. The van der Waals surface area contributed by atoms with Crippen LogP contribution in [0.25, 0.3) is 0 Å². The van der Waals surface area contributed by atoms with Gasteiger partial charge >= 0.3 is 0 Å². The van der Waals surface area contributed by atoms with E-state index in [0.29, 0.717) is 17.2 Å². The molecule has 3 N–H and O–H groups in total. The maximum Gasteiger partial charge on any atom is 0.242 e. The molecule has 1 heterocycles. The van der Waals surface area contributed by atoms with E-state index < -0.39 is 0 Å². The van der Waals surface area contributed by atoms with Crippen LogP contribution in [0.5, 0.6) is 11.5 Å². The van der Waals surface area contributed by atoms with Gasteiger partial charge in [-0.15, -0.1) is 0 Å². The molecule has 2 rings (SSSR count). The van der Waals surface area contributed by atoms with E-state index in [1.807, 2.05) is 11.0 Å². The maximum absolute atomic E-state index is 11.9. The third-order valence-electron chi connectivity index (χ3n) is 3.64. The number of hydrogen-bond acceptors (Lipinski definition) is 5. The Bertz CT molecular complexity index is 505. The number of likely N-dealkylation sites (N-methyl/N-ethyl adjacent to an activating group) is 1. The molecule has 0 aliphatic carbocycles. The Labute approximate surface area is 118 Å². The van der Waals surface area contributed by atoms with Crippen molar-refractivity contribution in [2.45, 2.75) is 18.9 Å². The maximum atomic E-state index is 11.9. The van der Waals surface area contributed by atoms with Crippen LogP contribution in [-0.4, -0.2) is 39.8 Å². The highest BCUT2D eigenvalue weighted by Crippen LogP contribution is 2.39. The molecule has 20 heavy (non-hydrogen) atoms. The van der Waals surface area contributed by atoms with Crippen LogP contribution < -0.4 is 25.4 Å². The lowest BCUT2D eigenvalue weighted by Gasteiger charge is -2.27. The molecular weight excluding hydrogens is 258 g/mol.